The average Bonchev–Trinajstić information content (AvgIpc) is 2.67. The zero-order valence-corrected chi connectivity index (χ0v) is 19.4. The lowest BCUT2D eigenvalue weighted by molar-refractivity contribution is -0.420. The van der Waals surface area contributed by atoms with Crippen LogP contribution in [0.1, 0.15) is 45.4 Å². The molecule has 0 aromatic rings. The highest BCUT2D eigenvalue weighted by atomic mass is 35.5. The van der Waals surface area contributed by atoms with Crippen LogP contribution in [0.5, 0.6) is 0 Å². The van der Waals surface area contributed by atoms with Crippen LogP contribution < -0.4 is 5.32 Å². The summed E-state index contributed by atoms with van der Waals surface area (Å²) in [5.41, 5.74) is -0.264. The fourth-order valence-electron chi connectivity index (χ4n) is 2.76. The fourth-order valence-corrected chi connectivity index (χ4v) is 4.23. The molecule has 1 N–H and O–H groups in total. The van der Waals surface area contributed by atoms with Gasteiger partial charge in [-0.05, 0) is 12.2 Å². The largest absolute Gasteiger partial charge is 0.379 e. The van der Waals surface area contributed by atoms with Gasteiger partial charge < -0.3 is 10.1 Å². The van der Waals surface area contributed by atoms with Crippen molar-refractivity contribution in [2.45, 2.75) is 45.4 Å². The highest BCUT2D eigenvalue weighted by molar-refractivity contribution is 8.03. The summed E-state index contributed by atoms with van der Waals surface area (Å²) in [7, 11) is 0. The summed E-state index contributed by atoms with van der Waals surface area (Å²) in [6.07, 6.45) is 6.99. The number of thioether (sulfide) groups is 1. The molecule has 0 aliphatic carbocycles. The van der Waals surface area contributed by atoms with Gasteiger partial charge in [0.25, 0.3) is 0 Å². The number of morpholine rings is 1. The summed E-state index contributed by atoms with van der Waals surface area (Å²) in [6, 6.07) is 0. The van der Waals surface area contributed by atoms with Gasteiger partial charge in [-0.15, -0.1) is 11.8 Å². The van der Waals surface area contributed by atoms with Gasteiger partial charge in [0.2, 0.25) is 0 Å². The Labute approximate surface area is 187 Å². The molecule has 1 aliphatic rings. The first-order valence-corrected chi connectivity index (χ1v) is 11.9. The summed E-state index contributed by atoms with van der Waals surface area (Å²) < 4.78 is 5.03. The van der Waals surface area contributed by atoms with Crippen molar-refractivity contribution in [3.8, 4) is 0 Å². The van der Waals surface area contributed by atoms with E-state index in [-0.39, 0.29) is 15.2 Å². The number of nitrogens with one attached hydrogen (secondary N) is 1. The first kappa shape index (κ1) is 25.9. The third kappa shape index (κ3) is 10.6. The summed E-state index contributed by atoms with van der Waals surface area (Å²) in [5.74, 6) is 0.771. The van der Waals surface area contributed by atoms with Crippen LogP contribution in [0.3, 0.4) is 0 Å². The Morgan fingerprint density at radius 2 is 1.79 bits per heavy atom. The highest BCUT2D eigenvalue weighted by Crippen LogP contribution is 2.31. The summed E-state index contributed by atoms with van der Waals surface area (Å²) in [6.45, 7) is 6.68. The Kier molecular flexibility index (Phi) is 14.4. The molecule has 162 valence electrons. The molecule has 0 amide bonds. The number of ether oxygens (including phenoxy) is 1. The Balaban J connectivity index is 2.67. The number of rotatable bonds is 14. The zero-order valence-electron chi connectivity index (χ0n) is 16.4. The van der Waals surface area contributed by atoms with E-state index in [9.17, 15) is 10.1 Å². The van der Waals surface area contributed by atoms with Crippen LogP contribution in [-0.4, -0.2) is 55.0 Å². The van der Waals surface area contributed by atoms with Crippen molar-refractivity contribution in [2.75, 3.05) is 45.1 Å². The molecule has 0 atom stereocenters. The fraction of sp³-hybridized carbons (Fsp3) is 0.778. The minimum atomic E-state index is -0.529. The molecule has 0 aromatic carbocycles. The van der Waals surface area contributed by atoms with Gasteiger partial charge in [-0.3, -0.25) is 15.0 Å². The molecular weight excluding hydrogens is 445 g/mol. The molecule has 0 unspecified atom stereocenters. The minimum Gasteiger partial charge on any atom is -0.379 e. The van der Waals surface area contributed by atoms with Gasteiger partial charge in [-0.2, -0.15) is 0 Å². The predicted molar refractivity (Wildman–Crippen MR) is 120 cm³/mol. The van der Waals surface area contributed by atoms with Crippen molar-refractivity contribution in [1.82, 2.24) is 10.2 Å². The SMILES string of the molecule is CCCCCCCCS/C(NCCN1CCOCC1)=C(\C(Cl)=C(Cl)Cl)[N+](=O)[O-]. The maximum Gasteiger partial charge on any atom is 0.319 e. The van der Waals surface area contributed by atoms with Crippen molar-refractivity contribution >= 4 is 46.6 Å². The van der Waals surface area contributed by atoms with Crippen molar-refractivity contribution in [1.29, 1.82) is 0 Å². The molecule has 0 radical (unpaired) electrons. The molecule has 6 nitrogen and oxygen atoms in total. The second kappa shape index (κ2) is 15.6. The Bertz CT molecular complexity index is 537. The monoisotopic (exact) mass is 473 g/mol. The summed E-state index contributed by atoms with van der Waals surface area (Å²) in [4.78, 5) is 13.3. The van der Waals surface area contributed by atoms with E-state index in [0.717, 1.165) is 38.2 Å². The lowest BCUT2D eigenvalue weighted by Crippen LogP contribution is -2.40. The van der Waals surface area contributed by atoms with Gasteiger partial charge in [0.15, 0.2) is 5.03 Å². The highest BCUT2D eigenvalue weighted by Gasteiger charge is 2.25. The molecule has 0 saturated carbocycles. The second-order valence-corrected chi connectivity index (χ2v) is 8.94. The number of nitro groups is 1. The Morgan fingerprint density at radius 1 is 1.14 bits per heavy atom. The van der Waals surface area contributed by atoms with Crippen molar-refractivity contribution in [3.63, 3.8) is 0 Å². The van der Waals surface area contributed by atoms with Crippen molar-refractivity contribution in [3.05, 3.63) is 30.4 Å². The van der Waals surface area contributed by atoms with E-state index >= 15 is 0 Å². The molecule has 1 saturated heterocycles. The molecule has 0 aromatic heterocycles. The standard InChI is InChI=1S/C18H30Cl3N3O3S/c1-2-3-4-5-6-7-14-28-18(16(24(25)26)15(19)17(20)21)22-8-9-23-10-12-27-13-11-23/h22H,2-14H2,1H3/b18-16+. The Hall–Kier alpha value is -0.180. The molecule has 10 heteroatoms. The second-order valence-electron chi connectivity index (χ2n) is 6.51. The topological polar surface area (TPSA) is 67.6 Å². The van der Waals surface area contributed by atoms with Crippen molar-refractivity contribution in [2.24, 2.45) is 0 Å². The van der Waals surface area contributed by atoms with E-state index in [4.69, 9.17) is 39.5 Å². The molecule has 0 bridgehead atoms. The minimum absolute atomic E-state index is 0.238. The van der Waals surface area contributed by atoms with Gasteiger partial charge in [-0.1, -0.05) is 73.8 Å². The van der Waals surface area contributed by atoms with E-state index in [1.807, 2.05) is 0 Å². The first-order chi connectivity index (χ1) is 13.5. The summed E-state index contributed by atoms with van der Waals surface area (Å²) in [5, 5.41) is 14.9. The molecule has 28 heavy (non-hydrogen) atoms. The number of hydrogen-bond donors (Lipinski definition) is 1. The first-order valence-electron chi connectivity index (χ1n) is 9.74. The average molecular weight is 475 g/mol. The lowest BCUT2D eigenvalue weighted by atomic mass is 10.1. The normalized spacial score (nSPS) is 15.9. The van der Waals surface area contributed by atoms with E-state index in [1.54, 1.807) is 0 Å². The van der Waals surface area contributed by atoms with Gasteiger partial charge >= 0.3 is 5.70 Å². The van der Waals surface area contributed by atoms with Crippen LogP contribution in [0.2, 0.25) is 0 Å². The van der Waals surface area contributed by atoms with Gasteiger partial charge in [-0.25, -0.2) is 0 Å². The molecule has 0 spiro atoms. The van der Waals surface area contributed by atoms with E-state index in [2.05, 4.69) is 17.1 Å². The van der Waals surface area contributed by atoms with Crippen LogP contribution in [0.25, 0.3) is 0 Å². The van der Waals surface area contributed by atoms with E-state index in [0.29, 0.717) is 24.8 Å². The number of halogens is 3. The van der Waals surface area contributed by atoms with Crippen LogP contribution in [0, 0.1) is 10.1 Å². The van der Waals surface area contributed by atoms with Crippen molar-refractivity contribution < 1.29 is 9.66 Å². The number of allylic oxidation sites excluding steroid dienone is 1. The number of unbranched alkanes of at least 4 members (excludes halogenated alkanes) is 5. The van der Waals surface area contributed by atoms with E-state index < -0.39 is 4.92 Å². The zero-order chi connectivity index (χ0) is 20.8. The third-order valence-electron chi connectivity index (χ3n) is 4.33. The van der Waals surface area contributed by atoms with E-state index in [1.165, 1.54) is 37.4 Å². The van der Waals surface area contributed by atoms with Crippen LogP contribution >= 0.6 is 46.6 Å². The maximum atomic E-state index is 11.6. The van der Waals surface area contributed by atoms with Crippen LogP contribution in [0.4, 0.5) is 0 Å². The predicted octanol–water partition coefficient (Wildman–Crippen LogP) is 5.33. The smallest absolute Gasteiger partial charge is 0.319 e. The third-order valence-corrected chi connectivity index (χ3v) is 6.39. The number of nitrogens with zero attached hydrogens (tertiary/aromatic N) is 2. The van der Waals surface area contributed by atoms with Gasteiger partial charge in [0, 0.05) is 26.2 Å². The summed E-state index contributed by atoms with van der Waals surface area (Å²) >= 11 is 18.9. The lowest BCUT2D eigenvalue weighted by Gasteiger charge is -2.26. The van der Waals surface area contributed by atoms with Gasteiger partial charge in [0.05, 0.1) is 18.1 Å². The molecule has 1 rings (SSSR count). The quantitative estimate of drug-likeness (QED) is 0.159. The molecule has 1 fully saturated rings. The van der Waals surface area contributed by atoms with Crippen LogP contribution in [0.15, 0.2) is 20.2 Å². The van der Waals surface area contributed by atoms with Gasteiger partial charge in [0.1, 0.15) is 9.52 Å². The Morgan fingerprint density at radius 3 is 2.39 bits per heavy atom. The molecule has 1 aliphatic heterocycles. The number of hydrogen-bond acceptors (Lipinski definition) is 6. The molecular formula is C18H30Cl3N3O3S. The van der Waals surface area contributed by atoms with Crippen LogP contribution in [-0.2, 0) is 4.74 Å². The maximum absolute atomic E-state index is 11.6. The molecule has 1 heterocycles.